The summed E-state index contributed by atoms with van der Waals surface area (Å²) >= 11 is 0. The molecule has 2 heterocycles. The van der Waals surface area contributed by atoms with E-state index >= 15 is 0 Å². The Balaban J connectivity index is 1.37. The van der Waals surface area contributed by atoms with Crippen molar-refractivity contribution in [3.8, 4) is 0 Å². The fourth-order valence-electron chi connectivity index (χ4n) is 3.62. The smallest absolute Gasteiger partial charge is 0.241 e. The predicted octanol–water partition coefficient (Wildman–Crippen LogP) is 0.839. The Hall–Kier alpha value is -1.92. The minimum absolute atomic E-state index is 0.0190. The fourth-order valence-corrected chi connectivity index (χ4v) is 3.62. The van der Waals surface area contributed by atoms with Gasteiger partial charge in [0, 0.05) is 19.1 Å². The molecule has 25 heavy (non-hydrogen) atoms. The number of likely N-dealkylation sites (tertiary alicyclic amines) is 1. The maximum atomic E-state index is 12.3. The van der Waals surface area contributed by atoms with E-state index in [1.807, 2.05) is 17.9 Å². The lowest BCUT2D eigenvalue weighted by atomic mass is 9.90. The van der Waals surface area contributed by atoms with Gasteiger partial charge in [-0.15, -0.1) is 0 Å². The zero-order valence-corrected chi connectivity index (χ0v) is 14.8. The van der Waals surface area contributed by atoms with Crippen molar-refractivity contribution in [1.82, 2.24) is 21.1 Å². The molecule has 136 valence electrons. The third-order valence-corrected chi connectivity index (χ3v) is 5.16. The van der Waals surface area contributed by atoms with Crippen LogP contribution in [0.4, 0.5) is 0 Å². The molecule has 2 aliphatic heterocycles. The van der Waals surface area contributed by atoms with Gasteiger partial charge in [0.25, 0.3) is 0 Å². The van der Waals surface area contributed by atoms with E-state index in [-0.39, 0.29) is 30.4 Å². The third-order valence-electron chi connectivity index (χ3n) is 5.16. The average molecular weight is 344 g/mol. The molecule has 3 rings (SSSR count). The fraction of sp³-hybridized carbons (Fsp3) is 0.579. The van der Waals surface area contributed by atoms with E-state index in [4.69, 9.17) is 0 Å². The van der Waals surface area contributed by atoms with Gasteiger partial charge in [0.05, 0.1) is 6.54 Å². The highest BCUT2D eigenvalue weighted by Gasteiger charge is 2.28. The number of hydrazine groups is 1. The van der Waals surface area contributed by atoms with E-state index in [1.165, 1.54) is 5.56 Å². The molecule has 2 unspecified atom stereocenters. The maximum Gasteiger partial charge on any atom is 0.241 e. The van der Waals surface area contributed by atoms with Crippen molar-refractivity contribution in [1.29, 1.82) is 0 Å². The van der Waals surface area contributed by atoms with Crippen LogP contribution in [-0.4, -0.2) is 48.4 Å². The molecule has 6 heteroatoms. The second kappa shape index (κ2) is 8.45. The molecule has 2 amide bonds. The SMILES string of the molecule is CC1CC(C(=O)NCC(=O)N2CCC(Cc3ccccc3)CC2)NN1. The minimum Gasteiger partial charge on any atom is -0.346 e. The summed E-state index contributed by atoms with van der Waals surface area (Å²) in [5.41, 5.74) is 7.34. The van der Waals surface area contributed by atoms with Gasteiger partial charge in [-0.25, -0.2) is 5.43 Å². The van der Waals surface area contributed by atoms with E-state index in [1.54, 1.807) is 0 Å². The molecule has 0 spiro atoms. The monoisotopic (exact) mass is 344 g/mol. The first-order valence-electron chi connectivity index (χ1n) is 9.22. The second-order valence-electron chi connectivity index (χ2n) is 7.21. The molecule has 1 aromatic carbocycles. The third kappa shape index (κ3) is 5.03. The van der Waals surface area contributed by atoms with Crippen LogP contribution in [0, 0.1) is 5.92 Å². The first-order chi connectivity index (χ1) is 12.1. The highest BCUT2D eigenvalue weighted by atomic mass is 16.2. The molecular weight excluding hydrogens is 316 g/mol. The maximum absolute atomic E-state index is 12.3. The number of carbonyl (C=O) groups excluding carboxylic acids is 2. The van der Waals surface area contributed by atoms with Gasteiger partial charge in [-0.1, -0.05) is 30.3 Å². The summed E-state index contributed by atoms with van der Waals surface area (Å²) in [6.45, 7) is 3.68. The van der Waals surface area contributed by atoms with E-state index < -0.39 is 0 Å². The van der Waals surface area contributed by atoms with E-state index in [0.717, 1.165) is 38.8 Å². The van der Waals surface area contributed by atoms with Crippen molar-refractivity contribution in [2.24, 2.45) is 5.92 Å². The molecule has 0 radical (unpaired) electrons. The van der Waals surface area contributed by atoms with Crippen LogP contribution >= 0.6 is 0 Å². The summed E-state index contributed by atoms with van der Waals surface area (Å²) in [5, 5.41) is 2.76. The second-order valence-corrected chi connectivity index (χ2v) is 7.21. The van der Waals surface area contributed by atoms with Gasteiger partial charge in [-0.05, 0) is 44.1 Å². The highest BCUT2D eigenvalue weighted by Crippen LogP contribution is 2.21. The molecule has 3 N–H and O–H groups in total. The molecule has 0 aliphatic carbocycles. The van der Waals surface area contributed by atoms with Crippen molar-refractivity contribution in [3.63, 3.8) is 0 Å². The Morgan fingerprint density at radius 2 is 1.88 bits per heavy atom. The van der Waals surface area contributed by atoms with Crippen molar-refractivity contribution < 1.29 is 9.59 Å². The molecule has 2 aliphatic rings. The van der Waals surface area contributed by atoms with Crippen molar-refractivity contribution in [3.05, 3.63) is 35.9 Å². The summed E-state index contributed by atoms with van der Waals surface area (Å²) in [4.78, 5) is 26.3. The zero-order chi connectivity index (χ0) is 17.6. The van der Waals surface area contributed by atoms with Crippen LogP contribution in [0.1, 0.15) is 31.7 Å². The summed E-state index contributed by atoms with van der Waals surface area (Å²) < 4.78 is 0. The lowest BCUT2D eigenvalue weighted by Crippen LogP contribution is -2.48. The van der Waals surface area contributed by atoms with Gasteiger partial charge in [0.2, 0.25) is 11.8 Å². The number of hydrogen-bond donors (Lipinski definition) is 3. The molecule has 0 aromatic heterocycles. The highest BCUT2D eigenvalue weighted by molar-refractivity contribution is 5.87. The van der Waals surface area contributed by atoms with Gasteiger partial charge in [-0.2, -0.15) is 0 Å². The molecule has 2 atom stereocenters. The summed E-state index contributed by atoms with van der Waals surface area (Å²) in [7, 11) is 0. The first kappa shape index (κ1) is 17.9. The molecule has 2 fully saturated rings. The Bertz CT molecular complexity index is 584. The van der Waals surface area contributed by atoms with Crippen LogP contribution in [0.25, 0.3) is 0 Å². The van der Waals surface area contributed by atoms with Gasteiger partial charge in [0.1, 0.15) is 6.04 Å². The zero-order valence-electron chi connectivity index (χ0n) is 14.8. The van der Waals surface area contributed by atoms with Crippen molar-refractivity contribution in [2.45, 2.75) is 44.7 Å². The van der Waals surface area contributed by atoms with Crippen LogP contribution in [-0.2, 0) is 16.0 Å². The first-order valence-corrected chi connectivity index (χ1v) is 9.22. The topological polar surface area (TPSA) is 73.5 Å². The Kier molecular flexibility index (Phi) is 6.04. The van der Waals surface area contributed by atoms with Crippen molar-refractivity contribution in [2.75, 3.05) is 19.6 Å². The standard InChI is InChI=1S/C19H28N4O2/c1-14-11-17(22-21-14)19(25)20-13-18(24)23-9-7-16(8-10-23)12-15-5-3-2-4-6-15/h2-6,14,16-17,21-22H,7-13H2,1H3,(H,20,25). The van der Waals surface area contributed by atoms with Gasteiger partial charge in [0.15, 0.2) is 0 Å². The number of carbonyl (C=O) groups is 2. The number of piperidine rings is 1. The molecule has 1 aromatic rings. The number of amides is 2. The van der Waals surface area contributed by atoms with Gasteiger partial charge < -0.3 is 10.2 Å². The van der Waals surface area contributed by atoms with E-state index in [9.17, 15) is 9.59 Å². The van der Waals surface area contributed by atoms with Crippen LogP contribution in [0.2, 0.25) is 0 Å². The summed E-state index contributed by atoms with van der Waals surface area (Å²) in [5.74, 6) is 0.547. The lowest BCUT2D eigenvalue weighted by Gasteiger charge is -2.32. The molecule has 0 bridgehead atoms. The number of benzene rings is 1. The lowest BCUT2D eigenvalue weighted by molar-refractivity contribution is -0.134. The molecule has 0 saturated carbocycles. The average Bonchev–Trinajstić information content (AvgIpc) is 3.07. The Labute approximate surface area is 149 Å². The van der Waals surface area contributed by atoms with Crippen LogP contribution in [0.15, 0.2) is 30.3 Å². The quantitative estimate of drug-likeness (QED) is 0.740. The predicted molar refractivity (Wildman–Crippen MR) is 96.6 cm³/mol. The number of nitrogens with zero attached hydrogens (tertiary/aromatic N) is 1. The minimum atomic E-state index is -0.251. The van der Waals surface area contributed by atoms with Gasteiger partial charge >= 0.3 is 0 Å². The van der Waals surface area contributed by atoms with Crippen LogP contribution in [0.3, 0.4) is 0 Å². The molecule has 6 nitrogen and oxygen atoms in total. The van der Waals surface area contributed by atoms with Gasteiger partial charge in [-0.3, -0.25) is 15.0 Å². The van der Waals surface area contributed by atoms with E-state index in [2.05, 4.69) is 40.4 Å². The summed E-state index contributed by atoms with van der Waals surface area (Å²) in [6, 6.07) is 10.5. The largest absolute Gasteiger partial charge is 0.346 e. The van der Waals surface area contributed by atoms with Crippen LogP contribution in [0.5, 0.6) is 0 Å². The number of hydrogen-bond acceptors (Lipinski definition) is 4. The molecule has 2 saturated heterocycles. The Morgan fingerprint density at radius 1 is 1.16 bits per heavy atom. The Morgan fingerprint density at radius 3 is 2.52 bits per heavy atom. The van der Waals surface area contributed by atoms with Crippen molar-refractivity contribution >= 4 is 11.8 Å². The number of nitrogens with one attached hydrogen (secondary N) is 3. The van der Waals surface area contributed by atoms with E-state index in [0.29, 0.717) is 5.92 Å². The normalized spacial score (nSPS) is 24.3. The van der Waals surface area contributed by atoms with Crippen LogP contribution < -0.4 is 16.2 Å². The molecular formula is C19H28N4O2. The number of rotatable bonds is 5. The summed E-state index contributed by atoms with van der Waals surface area (Å²) in [6.07, 6.45) is 3.88.